The first-order chi connectivity index (χ1) is 8.41. The molecule has 2 aromatic rings. The van der Waals surface area contributed by atoms with Gasteiger partial charge < -0.3 is 0 Å². The van der Waals surface area contributed by atoms with E-state index >= 15 is 0 Å². The second-order valence-corrected chi connectivity index (χ2v) is 21.8. The van der Waals surface area contributed by atoms with Crippen LogP contribution in [0.2, 0.25) is 20.0 Å². The minimum atomic E-state index is -2.13. The molecule has 0 radical (unpaired) electrons. The summed E-state index contributed by atoms with van der Waals surface area (Å²) in [6, 6.07) is 4.20. The Bertz CT molecular complexity index is 568. The Morgan fingerprint density at radius 3 is 2.56 bits per heavy atom. The van der Waals surface area contributed by atoms with Crippen molar-refractivity contribution in [3.63, 3.8) is 0 Å². The standard InChI is InChI=1S/C8H5ClIN3P.3CH3.Sn/c9-8-7(2-1-3-11-8)6-4-12-13(5-6)14-10;;;;/h1-2,4-5,14H;3*1H3;. The summed E-state index contributed by atoms with van der Waals surface area (Å²) in [5.74, 6) is 0. The van der Waals surface area contributed by atoms with E-state index in [0.717, 1.165) is 11.1 Å². The Kier molecular flexibility index (Phi) is 4.95. The summed E-state index contributed by atoms with van der Waals surface area (Å²) >= 11 is 6.48. The van der Waals surface area contributed by atoms with Gasteiger partial charge in [0.25, 0.3) is 0 Å². The molecule has 0 spiro atoms. The summed E-state index contributed by atoms with van der Waals surface area (Å²) in [7, 11) is 0. The van der Waals surface area contributed by atoms with Crippen LogP contribution in [0.4, 0.5) is 0 Å². The molecule has 2 aromatic heterocycles. The molecule has 1 unspecified atom stereocenters. The molecule has 7 heteroatoms. The van der Waals surface area contributed by atoms with Crippen molar-refractivity contribution in [2.75, 3.05) is 0 Å². The fraction of sp³-hybridized carbons (Fsp3) is 0.273. The van der Waals surface area contributed by atoms with E-state index in [4.69, 9.17) is 11.6 Å². The Balaban J connectivity index is 2.41. The molecule has 0 saturated carbocycles. The summed E-state index contributed by atoms with van der Waals surface area (Å²) in [4.78, 5) is 11.6. The van der Waals surface area contributed by atoms with Gasteiger partial charge in [0.15, 0.2) is 0 Å². The first-order valence-corrected chi connectivity index (χ1v) is 19.9. The van der Waals surface area contributed by atoms with Crippen LogP contribution in [0.1, 0.15) is 0 Å². The third-order valence-electron chi connectivity index (χ3n) is 2.60. The maximum atomic E-state index is 6.31. The summed E-state index contributed by atoms with van der Waals surface area (Å²) in [5.41, 5.74) is 2.00. The molecule has 3 nitrogen and oxygen atoms in total. The van der Waals surface area contributed by atoms with Crippen LogP contribution in [0.5, 0.6) is 0 Å². The van der Waals surface area contributed by atoms with E-state index in [2.05, 4.69) is 59.1 Å². The summed E-state index contributed by atoms with van der Waals surface area (Å²) in [6.07, 6.45) is 4.45. The maximum absolute atomic E-state index is 6.31. The van der Waals surface area contributed by atoms with Crippen molar-refractivity contribution >= 4 is 62.1 Å². The molecular formula is C11H14ClIN3PSn. The van der Waals surface area contributed by atoms with E-state index in [1.165, 1.54) is 3.71 Å². The molecule has 2 heterocycles. The number of aromatic nitrogens is 3. The molecule has 0 fully saturated rings. The van der Waals surface area contributed by atoms with Crippen LogP contribution in [0.25, 0.3) is 11.1 Å². The quantitative estimate of drug-likeness (QED) is 0.277. The third-order valence-corrected chi connectivity index (χ3v) is 9.97. The summed E-state index contributed by atoms with van der Waals surface area (Å²) in [6.45, 7) is 0. The molecule has 1 atom stereocenters. The molecule has 0 bridgehead atoms. The molecule has 18 heavy (non-hydrogen) atoms. The molecule has 0 aliphatic heterocycles. The van der Waals surface area contributed by atoms with Crippen molar-refractivity contribution in [1.29, 1.82) is 0 Å². The zero-order chi connectivity index (χ0) is 13.3. The van der Waals surface area contributed by atoms with Crippen LogP contribution in [0.3, 0.4) is 0 Å². The van der Waals surface area contributed by atoms with E-state index < -0.39 is 18.4 Å². The van der Waals surface area contributed by atoms with Crippen molar-refractivity contribution in [1.82, 2.24) is 14.5 Å². The predicted octanol–water partition coefficient (Wildman–Crippen LogP) is 3.94. The average molecular weight is 500 g/mol. The van der Waals surface area contributed by atoms with Crippen molar-refractivity contribution in [2.24, 2.45) is 0 Å². The number of rotatable bonds is 3. The van der Waals surface area contributed by atoms with Gasteiger partial charge >= 0.3 is 132 Å². The van der Waals surface area contributed by atoms with Crippen LogP contribution in [0.15, 0.2) is 24.5 Å². The van der Waals surface area contributed by atoms with Gasteiger partial charge in [0.1, 0.15) is 0 Å². The van der Waals surface area contributed by atoms with E-state index in [0.29, 0.717) is 11.5 Å². The summed E-state index contributed by atoms with van der Waals surface area (Å²) < 4.78 is 3.12. The van der Waals surface area contributed by atoms with Crippen LogP contribution in [-0.2, 0) is 0 Å². The molecule has 0 aliphatic rings. The molecule has 0 saturated heterocycles. The fourth-order valence-electron chi connectivity index (χ4n) is 1.58. The number of pyridine rings is 1. The van der Waals surface area contributed by atoms with E-state index in [-0.39, 0.29) is 0 Å². The SMILES string of the molecule is [CH3][Sn]([CH3])([CH3])[c]1ccc(-c2cnn(PI)c2)c(Cl)n1. The van der Waals surface area contributed by atoms with Crippen molar-refractivity contribution in [3.8, 4) is 11.1 Å². The van der Waals surface area contributed by atoms with Crippen LogP contribution in [-0.4, -0.2) is 32.9 Å². The zero-order valence-corrected chi connectivity index (χ0v) is 17.2. The van der Waals surface area contributed by atoms with Crippen LogP contribution < -0.4 is 3.71 Å². The van der Waals surface area contributed by atoms with Gasteiger partial charge in [0.2, 0.25) is 0 Å². The molecule has 0 amide bonds. The number of hydrogen-bond acceptors (Lipinski definition) is 2. The number of nitrogens with zero attached hydrogens (tertiary/aromatic N) is 3. The van der Waals surface area contributed by atoms with E-state index in [9.17, 15) is 0 Å². The Labute approximate surface area is 131 Å². The predicted molar refractivity (Wildman–Crippen MR) is 91.2 cm³/mol. The molecule has 0 aromatic carbocycles. The van der Waals surface area contributed by atoms with Gasteiger partial charge in [0.05, 0.1) is 0 Å². The Morgan fingerprint density at radius 2 is 2.06 bits per heavy atom. The number of halogens is 2. The van der Waals surface area contributed by atoms with Crippen molar-refractivity contribution in [2.45, 2.75) is 14.8 Å². The second-order valence-electron chi connectivity index (χ2n) is 5.04. The van der Waals surface area contributed by atoms with Gasteiger partial charge in [-0.2, -0.15) is 0 Å². The van der Waals surface area contributed by atoms with Gasteiger partial charge in [-0.25, -0.2) is 0 Å². The van der Waals surface area contributed by atoms with Gasteiger partial charge in [-0.3, -0.25) is 0 Å². The summed E-state index contributed by atoms with van der Waals surface area (Å²) in [5, 5.41) is 4.86. The third kappa shape index (κ3) is 3.38. The Hall–Kier alpha value is 0.609. The van der Waals surface area contributed by atoms with Gasteiger partial charge in [-0.15, -0.1) is 0 Å². The monoisotopic (exact) mass is 501 g/mol. The first-order valence-electron chi connectivity index (χ1n) is 5.50. The van der Waals surface area contributed by atoms with Crippen LogP contribution >= 0.6 is 40.0 Å². The molecule has 0 aliphatic carbocycles. The van der Waals surface area contributed by atoms with E-state index in [1.807, 2.05) is 16.8 Å². The Morgan fingerprint density at radius 1 is 1.33 bits per heavy atom. The number of hydrogen-bond donors (Lipinski definition) is 0. The minimum absolute atomic E-state index is 0.593. The topological polar surface area (TPSA) is 30.7 Å². The van der Waals surface area contributed by atoms with Crippen molar-refractivity contribution in [3.05, 3.63) is 29.7 Å². The van der Waals surface area contributed by atoms with Crippen molar-refractivity contribution < 1.29 is 0 Å². The molecule has 96 valence electrons. The molecular weight excluding hydrogens is 486 g/mol. The van der Waals surface area contributed by atoms with Gasteiger partial charge in [-0.1, -0.05) is 0 Å². The molecule has 0 N–H and O–H groups in total. The van der Waals surface area contributed by atoms with Gasteiger partial charge in [-0.05, 0) is 0 Å². The van der Waals surface area contributed by atoms with Gasteiger partial charge in [0, 0.05) is 0 Å². The van der Waals surface area contributed by atoms with Crippen LogP contribution in [0, 0.1) is 0 Å². The first kappa shape index (κ1) is 15.0. The van der Waals surface area contributed by atoms with E-state index in [1.54, 1.807) is 0 Å². The normalized spacial score (nSPS) is 12.5. The molecule has 2 rings (SSSR count). The zero-order valence-electron chi connectivity index (χ0n) is 10.4. The second kappa shape index (κ2) is 5.93. The fourth-order valence-corrected chi connectivity index (χ4v) is 6.06. The average Bonchev–Trinajstić information content (AvgIpc) is 2.76.